The maximum absolute atomic E-state index is 11.4. The highest BCUT2D eigenvalue weighted by atomic mass is 35.5. The highest BCUT2D eigenvalue weighted by molar-refractivity contribution is 6.31. The normalized spacial score (nSPS) is 10.1. The van der Waals surface area contributed by atoms with Crippen molar-refractivity contribution in [3.05, 3.63) is 34.9 Å². The van der Waals surface area contributed by atoms with Crippen LogP contribution in [0.1, 0.15) is 31.7 Å². The van der Waals surface area contributed by atoms with E-state index in [9.17, 15) is 4.79 Å². The number of amides is 2. The summed E-state index contributed by atoms with van der Waals surface area (Å²) in [6.07, 6.45) is 4.10. The lowest BCUT2D eigenvalue weighted by Gasteiger charge is -2.08. The van der Waals surface area contributed by atoms with Gasteiger partial charge in [0, 0.05) is 18.1 Å². The van der Waals surface area contributed by atoms with E-state index in [1.54, 1.807) is 0 Å². The largest absolute Gasteiger partial charge is 0.338 e. The van der Waals surface area contributed by atoms with Gasteiger partial charge in [-0.2, -0.15) is 0 Å². The number of hydrogen-bond acceptors (Lipinski definition) is 1. The van der Waals surface area contributed by atoms with Gasteiger partial charge in [-0.1, -0.05) is 49.6 Å². The summed E-state index contributed by atoms with van der Waals surface area (Å²) in [6.45, 7) is 3.48. The molecule has 1 aromatic carbocycles. The Morgan fingerprint density at radius 1 is 1.17 bits per heavy atom. The first-order chi connectivity index (χ1) is 8.74. The summed E-state index contributed by atoms with van der Waals surface area (Å²) < 4.78 is 0. The molecule has 0 saturated heterocycles. The van der Waals surface area contributed by atoms with E-state index in [1.807, 2.05) is 24.3 Å². The standard InChI is InChI=1S/C14H21ClN2O/c1-2-3-6-10-16-14(18)17-11-9-12-7-4-5-8-13(12)15/h4-5,7-8H,2-3,6,9-11H2,1H3,(H2,16,17,18). The van der Waals surface area contributed by atoms with Gasteiger partial charge in [-0.3, -0.25) is 0 Å². The molecule has 0 spiro atoms. The number of urea groups is 1. The van der Waals surface area contributed by atoms with Crippen LogP contribution >= 0.6 is 11.6 Å². The second-order valence-corrected chi connectivity index (χ2v) is 4.64. The Kier molecular flexibility index (Phi) is 7.26. The minimum absolute atomic E-state index is 0.0989. The third kappa shape index (κ3) is 5.92. The van der Waals surface area contributed by atoms with Gasteiger partial charge >= 0.3 is 6.03 Å². The molecule has 1 rings (SSSR count). The zero-order chi connectivity index (χ0) is 13.2. The molecule has 2 amide bonds. The molecule has 0 fully saturated rings. The number of nitrogens with one attached hydrogen (secondary N) is 2. The van der Waals surface area contributed by atoms with Crippen molar-refractivity contribution in [2.45, 2.75) is 32.6 Å². The van der Waals surface area contributed by atoms with E-state index < -0.39 is 0 Å². The smallest absolute Gasteiger partial charge is 0.314 e. The Balaban J connectivity index is 2.14. The molecular formula is C14H21ClN2O. The van der Waals surface area contributed by atoms with Gasteiger partial charge in [0.1, 0.15) is 0 Å². The fraction of sp³-hybridized carbons (Fsp3) is 0.500. The lowest BCUT2D eigenvalue weighted by atomic mass is 10.1. The molecule has 4 heteroatoms. The van der Waals surface area contributed by atoms with Crippen molar-refractivity contribution in [3.63, 3.8) is 0 Å². The molecule has 0 heterocycles. The predicted molar refractivity (Wildman–Crippen MR) is 76.1 cm³/mol. The first-order valence-electron chi connectivity index (χ1n) is 6.49. The molecule has 0 aliphatic heterocycles. The van der Waals surface area contributed by atoms with Gasteiger partial charge in [-0.25, -0.2) is 4.79 Å². The van der Waals surface area contributed by atoms with Gasteiger partial charge < -0.3 is 10.6 Å². The highest BCUT2D eigenvalue weighted by Crippen LogP contribution is 2.14. The summed E-state index contributed by atoms with van der Waals surface area (Å²) in [5, 5.41) is 6.41. The topological polar surface area (TPSA) is 41.1 Å². The molecule has 0 aliphatic carbocycles. The summed E-state index contributed by atoms with van der Waals surface area (Å²) in [7, 11) is 0. The van der Waals surface area contributed by atoms with E-state index in [0.29, 0.717) is 6.54 Å². The van der Waals surface area contributed by atoms with Crippen LogP contribution in [0.5, 0.6) is 0 Å². The quantitative estimate of drug-likeness (QED) is 0.732. The third-order valence-electron chi connectivity index (χ3n) is 2.70. The van der Waals surface area contributed by atoms with Crippen LogP contribution in [0.15, 0.2) is 24.3 Å². The second-order valence-electron chi connectivity index (χ2n) is 4.23. The van der Waals surface area contributed by atoms with Crippen LogP contribution in [0.25, 0.3) is 0 Å². The number of hydrogen-bond donors (Lipinski definition) is 2. The zero-order valence-corrected chi connectivity index (χ0v) is 11.6. The lowest BCUT2D eigenvalue weighted by molar-refractivity contribution is 0.241. The van der Waals surface area contributed by atoms with Crippen LogP contribution in [-0.4, -0.2) is 19.1 Å². The Morgan fingerprint density at radius 3 is 2.61 bits per heavy atom. The molecule has 0 aliphatic rings. The van der Waals surface area contributed by atoms with Crippen molar-refractivity contribution in [2.75, 3.05) is 13.1 Å². The average Bonchev–Trinajstić information content (AvgIpc) is 2.37. The van der Waals surface area contributed by atoms with Gasteiger partial charge in [-0.15, -0.1) is 0 Å². The van der Waals surface area contributed by atoms with E-state index in [1.165, 1.54) is 0 Å². The van der Waals surface area contributed by atoms with Crippen molar-refractivity contribution < 1.29 is 4.79 Å². The monoisotopic (exact) mass is 268 g/mol. The van der Waals surface area contributed by atoms with Gasteiger partial charge in [0.25, 0.3) is 0 Å². The van der Waals surface area contributed by atoms with Gasteiger partial charge in [0.2, 0.25) is 0 Å². The number of benzene rings is 1. The van der Waals surface area contributed by atoms with Gasteiger partial charge in [0.05, 0.1) is 0 Å². The molecule has 0 bridgehead atoms. The van der Waals surface area contributed by atoms with Crippen LogP contribution in [-0.2, 0) is 6.42 Å². The summed E-state index contributed by atoms with van der Waals surface area (Å²) in [5.41, 5.74) is 1.06. The van der Waals surface area contributed by atoms with Crippen molar-refractivity contribution in [3.8, 4) is 0 Å². The van der Waals surface area contributed by atoms with E-state index in [0.717, 1.165) is 42.8 Å². The molecule has 0 atom stereocenters. The minimum Gasteiger partial charge on any atom is -0.338 e. The maximum Gasteiger partial charge on any atom is 0.314 e. The average molecular weight is 269 g/mol. The third-order valence-corrected chi connectivity index (χ3v) is 3.07. The van der Waals surface area contributed by atoms with Crippen LogP contribution in [0.2, 0.25) is 5.02 Å². The minimum atomic E-state index is -0.0989. The molecule has 0 saturated carbocycles. The maximum atomic E-state index is 11.4. The number of carbonyl (C=O) groups is 1. The molecule has 18 heavy (non-hydrogen) atoms. The Morgan fingerprint density at radius 2 is 1.89 bits per heavy atom. The Bertz CT molecular complexity index is 369. The second kappa shape index (κ2) is 8.81. The fourth-order valence-electron chi connectivity index (χ4n) is 1.65. The van der Waals surface area contributed by atoms with E-state index in [-0.39, 0.29) is 6.03 Å². The Labute approximate surface area is 114 Å². The summed E-state index contributed by atoms with van der Waals surface area (Å²) >= 11 is 6.03. The van der Waals surface area contributed by atoms with Crippen LogP contribution in [0.3, 0.4) is 0 Å². The van der Waals surface area contributed by atoms with Crippen LogP contribution < -0.4 is 10.6 Å². The number of carbonyl (C=O) groups excluding carboxylic acids is 1. The first kappa shape index (κ1) is 14.8. The molecule has 0 radical (unpaired) electrons. The van der Waals surface area contributed by atoms with Gasteiger partial charge in [-0.05, 0) is 24.5 Å². The van der Waals surface area contributed by atoms with E-state index >= 15 is 0 Å². The molecule has 3 nitrogen and oxygen atoms in total. The Hall–Kier alpha value is -1.22. The molecule has 1 aromatic rings. The zero-order valence-electron chi connectivity index (χ0n) is 10.8. The molecule has 0 unspecified atom stereocenters. The van der Waals surface area contributed by atoms with Crippen molar-refractivity contribution in [1.29, 1.82) is 0 Å². The predicted octanol–water partition coefficient (Wildman–Crippen LogP) is 3.37. The molecule has 0 aromatic heterocycles. The first-order valence-corrected chi connectivity index (χ1v) is 6.87. The van der Waals surface area contributed by atoms with Crippen molar-refractivity contribution in [2.24, 2.45) is 0 Å². The number of rotatable bonds is 7. The van der Waals surface area contributed by atoms with Crippen LogP contribution in [0.4, 0.5) is 4.79 Å². The van der Waals surface area contributed by atoms with Gasteiger partial charge in [0.15, 0.2) is 0 Å². The summed E-state index contributed by atoms with van der Waals surface area (Å²) in [5.74, 6) is 0. The number of unbranched alkanes of at least 4 members (excludes halogenated alkanes) is 2. The number of halogens is 1. The molecular weight excluding hydrogens is 248 g/mol. The van der Waals surface area contributed by atoms with E-state index in [4.69, 9.17) is 11.6 Å². The molecule has 100 valence electrons. The highest BCUT2D eigenvalue weighted by Gasteiger charge is 2.01. The van der Waals surface area contributed by atoms with Crippen LogP contribution in [0, 0.1) is 0 Å². The summed E-state index contributed by atoms with van der Waals surface area (Å²) in [6, 6.07) is 7.59. The van der Waals surface area contributed by atoms with E-state index in [2.05, 4.69) is 17.6 Å². The van der Waals surface area contributed by atoms with Crippen molar-refractivity contribution in [1.82, 2.24) is 10.6 Å². The van der Waals surface area contributed by atoms with Crippen molar-refractivity contribution >= 4 is 17.6 Å². The summed E-state index contributed by atoms with van der Waals surface area (Å²) in [4.78, 5) is 11.4. The fourth-order valence-corrected chi connectivity index (χ4v) is 1.88. The lowest BCUT2D eigenvalue weighted by Crippen LogP contribution is -2.37. The SMILES string of the molecule is CCCCCNC(=O)NCCc1ccccc1Cl. The molecule has 2 N–H and O–H groups in total.